The highest BCUT2D eigenvalue weighted by molar-refractivity contribution is 7.99. The maximum absolute atomic E-state index is 12.4. The van der Waals surface area contributed by atoms with Gasteiger partial charge >= 0.3 is 0 Å². The second-order valence-corrected chi connectivity index (χ2v) is 8.65. The van der Waals surface area contributed by atoms with E-state index in [0.29, 0.717) is 25.9 Å². The second-order valence-electron chi connectivity index (χ2n) is 7.43. The molecule has 2 aliphatic rings. The Kier molecular flexibility index (Phi) is 6.43. The van der Waals surface area contributed by atoms with Crippen molar-refractivity contribution in [2.45, 2.75) is 37.8 Å². The molecule has 4 heterocycles. The highest BCUT2D eigenvalue weighted by Gasteiger charge is 2.28. The van der Waals surface area contributed by atoms with Gasteiger partial charge in [-0.3, -0.25) is 9.59 Å². The molecule has 29 heavy (non-hydrogen) atoms. The highest BCUT2D eigenvalue weighted by Crippen LogP contribution is 2.22. The maximum Gasteiger partial charge on any atom is 0.223 e. The third-order valence-electron chi connectivity index (χ3n) is 5.57. The number of hydrogen-bond acceptors (Lipinski definition) is 7. The van der Waals surface area contributed by atoms with E-state index in [9.17, 15) is 9.59 Å². The van der Waals surface area contributed by atoms with Gasteiger partial charge in [-0.05, 0) is 12.8 Å². The monoisotopic (exact) mass is 418 g/mol. The number of hydrogen-bond donors (Lipinski definition) is 0. The summed E-state index contributed by atoms with van der Waals surface area (Å²) in [5.41, 5.74) is 0. The number of nitrogens with zero attached hydrogens (tertiary/aromatic N) is 8. The van der Waals surface area contributed by atoms with Crippen LogP contribution in [-0.2, 0) is 9.59 Å². The molecule has 2 saturated heterocycles. The standard InChI is InChI=1S/C18H26N8O2S/c27-17(23-5-1-15(9-23)25-13-19-11-21-25)3-7-29-8-4-18(28)24-6-2-16(10-24)26-14-20-12-22-26/h11-16H,1-10H2. The molecule has 0 radical (unpaired) electrons. The molecule has 0 aliphatic carbocycles. The van der Waals surface area contributed by atoms with Crippen molar-refractivity contribution in [1.82, 2.24) is 39.3 Å². The molecule has 11 heteroatoms. The molecule has 0 aromatic carbocycles. The van der Waals surface area contributed by atoms with Gasteiger partial charge in [0.1, 0.15) is 25.3 Å². The molecule has 4 rings (SSSR count). The van der Waals surface area contributed by atoms with Crippen molar-refractivity contribution in [1.29, 1.82) is 0 Å². The molecule has 2 aliphatic heterocycles. The van der Waals surface area contributed by atoms with Crippen LogP contribution in [0.5, 0.6) is 0 Å². The number of amides is 2. The zero-order valence-electron chi connectivity index (χ0n) is 16.3. The Labute approximate surface area is 173 Å². The largest absolute Gasteiger partial charge is 0.340 e. The van der Waals surface area contributed by atoms with Crippen LogP contribution >= 0.6 is 11.8 Å². The van der Waals surface area contributed by atoms with E-state index in [0.717, 1.165) is 37.4 Å². The Bertz CT molecular complexity index is 731. The Morgan fingerprint density at radius 3 is 1.72 bits per heavy atom. The van der Waals surface area contributed by atoms with Gasteiger partial charge in [0.15, 0.2) is 0 Å². The molecule has 0 N–H and O–H groups in total. The van der Waals surface area contributed by atoms with E-state index in [2.05, 4.69) is 20.2 Å². The summed E-state index contributed by atoms with van der Waals surface area (Å²) < 4.78 is 3.67. The van der Waals surface area contributed by atoms with Crippen LogP contribution in [0.25, 0.3) is 0 Å². The van der Waals surface area contributed by atoms with Gasteiger partial charge in [-0.25, -0.2) is 19.3 Å². The van der Waals surface area contributed by atoms with Crippen molar-refractivity contribution < 1.29 is 9.59 Å². The number of aromatic nitrogens is 6. The van der Waals surface area contributed by atoms with Crippen LogP contribution in [0.2, 0.25) is 0 Å². The topological polar surface area (TPSA) is 102 Å². The van der Waals surface area contributed by atoms with Crippen LogP contribution in [0.15, 0.2) is 25.3 Å². The average Bonchev–Trinajstić information content (AvgIpc) is 3.52. The second kappa shape index (κ2) is 9.38. The Morgan fingerprint density at radius 2 is 1.31 bits per heavy atom. The molecule has 0 saturated carbocycles. The van der Waals surface area contributed by atoms with Gasteiger partial charge in [-0.15, -0.1) is 0 Å². The van der Waals surface area contributed by atoms with Crippen molar-refractivity contribution in [3.63, 3.8) is 0 Å². The summed E-state index contributed by atoms with van der Waals surface area (Å²) >= 11 is 1.67. The summed E-state index contributed by atoms with van der Waals surface area (Å²) in [6.45, 7) is 2.95. The van der Waals surface area contributed by atoms with Gasteiger partial charge in [0.2, 0.25) is 11.8 Å². The Balaban J connectivity index is 1.09. The lowest BCUT2D eigenvalue weighted by molar-refractivity contribution is -0.130. The highest BCUT2D eigenvalue weighted by atomic mass is 32.2. The van der Waals surface area contributed by atoms with Crippen molar-refractivity contribution in [3.05, 3.63) is 25.3 Å². The first-order valence-corrected chi connectivity index (χ1v) is 11.2. The lowest BCUT2D eigenvalue weighted by Gasteiger charge is -2.17. The first kappa shape index (κ1) is 19.9. The molecule has 2 unspecified atom stereocenters. The van der Waals surface area contributed by atoms with E-state index in [-0.39, 0.29) is 23.9 Å². The normalized spacial score (nSPS) is 21.8. The number of likely N-dealkylation sites (tertiary alicyclic amines) is 2. The Morgan fingerprint density at radius 1 is 0.828 bits per heavy atom. The van der Waals surface area contributed by atoms with E-state index in [4.69, 9.17) is 0 Å². The summed E-state index contributed by atoms with van der Waals surface area (Å²) in [7, 11) is 0. The van der Waals surface area contributed by atoms with Gasteiger partial charge in [0.05, 0.1) is 12.1 Å². The zero-order chi connectivity index (χ0) is 20.1. The third-order valence-corrected chi connectivity index (χ3v) is 6.56. The van der Waals surface area contributed by atoms with Crippen molar-refractivity contribution in [3.8, 4) is 0 Å². The molecular formula is C18H26N8O2S. The van der Waals surface area contributed by atoms with Gasteiger partial charge in [-0.2, -0.15) is 22.0 Å². The van der Waals surface area contributed by atoms with E-state index in [1.165, 1.54) is 12.7 Å². The molecule has 0 bridgehead atoms. The van der Waals surface area contributed by atoms with Crippen LogP contribution in [0, 0.1) is 0 Å². The Hall–Kier alpha value is -2.43. The van der Waals surface area contributed by atoms with Crippen LogP contribution in [0.3, 0.4) is 0 Å². The van der Waals surface area contributed by atoms with E-state index < -0.39 is 0 Å². The van der Waals surface area contributed by atoms with Crippen LogP contribution in [0.1, 0.15) is 37.8 Å². The SMILES string of the molecule is O=C(CCSCCC(=O)N1CCC(n2cncn2)C1)N1CCC(n2cncn2)C1. The molecular weight excluding hydrogens is 392 g/mol. The molecule has 2 aromatic rings. The molecule has 156 valence electrons. The van der Waals surface area contributed by atoms with Crippen LogP contribution < -0.4 is 0 Å². The van der Waals surface area contributed by atoms with Crippen LogP contribution in [0.4, 0.5) is 0 Å². The van der Waals surface area contributed by atoms with Crippen LogP contribution in [-0.4, -0.2) is 88.8 Å². The fourth-order valence-corrected chi connectivity index (χ4v) is 4.76. The summed E-state index contributed by atoms with van der Waals surface area (Å²) in [6.07, 6.45) is 9.34. The van der Waals surface area contributed by atoms with Gasteiger partial charge < -0.3 is 9.80 Å². The first-order chi connectivity index (χ1) is 14.2. The molecule has 2 fully saturated rings. The predicted octanol–water partition coefficient (Wildman–Crippen LogP) is 0.630. The fourth-order valence-electron chi connectivity index (χ4n) is 3.92. The molecule has 2 amide bonds. The first-order valence-electron chi connectivity index (χ1n) is 10.0. The number of carbonyl (C=O) groups is 2. The van der Waals surface area contributed by atoms with Gasteiger partial charge in [0.25, 0.3) is 0 Å². The van der Waals surface area contributed by atoms with Gasteiger partial charge in [0, 0.05) is 50.5 Å². The summed E-state index contributed by atoms with van der Waals surface area (Å²) in [6, 6.07) is 0.460. The number of rotatable bonds is 8. The third kappa shape index (κ3) is 4.95. The minimum Gasteiger partial charge on any atom is -0.340 e. The summed E-state index contributed by atoms with van der Waals surface area (Å²) in [5, 5.41) is 8.33. The minimum absolute atomic E-state index is 0.182. The van der Waals surface area contributed by atoms with Crippen molar-refractivity contribution in [2.24, 2.45) is 0 Å². The van der Waals surface area contributed by atoms with Crippen molar-refractivity contribution in [2.75, 3.05) is 37.7 Å². The maximum atomic E-state index is 12.4. The summed E-state index contributed by atoms with van der Waals surface area (Å²) in [4.78, 5) is 36.6. The molecule has 2 atom stereocenters. The van der Waals surface area contributed by atoms with E-state index in [1.54, 1.807) is 24.4 Å². The summed E-state index contributed by atoms with van der Waals surface area (Å²) in [5.74, 6) is 1.86. The number of thioether (sulfide) groups is 1. The van der Waals surface area contributed by atoms with Gasteiger partial charge in [-0.1, -0.05) is 0 Å². The van der Waals surface area contributed by atoms with Crippen molar-refractivity contribution >= 4 is 23.6 Å². The van der Waals surface area contributed by atoms with E-state index in [1.807, 2.05) is 19.2 Å². The molecule has 0 spiro atoms. The van der Waals surface area contributed by atoms with E-state index >= 15 is 0 Å². The minimum atomic E-state index is 0.182. The quantitative estimate of drug-likeness (QED) is 0.580. The lowest BCUT2D eigenvalue weighted by Crippen LogP contribution is -2.30. The zero-order valence-corrected chi connectivity index (χ0v) is 17.2. The fraction of sp³-hybridized carbons (Fsp3) is 0.667. The molecule has 10 nitrogen and oxygen atoms in total. The average molecular weight is 419 g/mol. The smallest absolute Gasteiger partial charge is 0.223 e. The lowest BCUT2D eigenvalue weighted by atomic mass is 10.3. The predicted molar refractivity (Wildman–Crippen MR) is 107 cm³/mol. The number of carbonyl (C=O) groups excluding carboxylic acids is 2. The molecule has 2 aromatic heterocycles.